The number of methoxy groups -OCH3 is 1. The number of nitrogens with one attached hydrogen (secondary N) is 3. The van der Waals surface area contributed by atoms with E-state index in [1.807, 2.05) is 74.5 Å². The Morgan fingerprint density at radius 1 is 0.974 bits per heavy atom. The van der Waals surface area contributed by atoms with Crippen LogP contribution in [-0.4, -0.2) is 66.7 Å². The summed E-state index contributed by atoms with van der Waals surface area (Å²) in [6.45, 7) is 5.63. The number of amides is 4. The largest absolute Gasteiger partial charge is 0.467 e. The number of ether oxygens (including phenoxy) is 2. The van der Waals surface area contributed by atoms with E-state index in [2.05, 4.69) is 16.0 Å². The molecular formula is C29H38N4O6. The SMILES string of the molecule is COC(=O)[C@H](CC(C)C)N1C(=O)N[C@@H](Cc2ccccc2)[C@@H]1CNC(=O)[C@H](C)NC(=O)OCc1ccccc1. The van der Waals surface area contributed by atoms with E-state index >= 15 is 0 Å². The van der Waals surface area contributed by atoms with E-state index in [4.69, 9.17) is 9.47 Å². The molecule has 39 heavy (non-hydrogen) atoms. The lowest BCUT2D eigenvalue weighted by Gasteiger charge is -2.33. The van der Waals surface area contributed by atoms with Crippen LogP contribution in [-0.2, 0) is 32.1 Å². The summed E-state index contributed by atoms with van der Waals surface area (Å²) in [6.07, 6.45) is 0.206. The van der Waals surface area contributed by atoms with Gasteiger partial charge >= 0.3 is 18.1 Å². The van der Waals surface area contributed by atoms with Gasteiger partial charge in [-0.1, -0.05) is 74.5 Å². The number of urea groups is 1. The van der Waals surface area contributed by atoms with E-state index in [0.29, 0.717) is 12.8 Å². The van der Waals surface area contributed by atoms with Gasteiger partial charge in [0.1, 0.15) is 18.7 Å². The lowest BCUT2D eigenvalue weighted by atomic mass is 9.96. The van der Waals surface area contributed by atoms with Gasteiger partial charge in [0.15, 0.2) is 0 Å². The summed E-state index contributed by atoms with van der Waals surface area (Å²) < 4.78 is 10.2. The Bertz CT molecular complexity index is 1110. The Morgan fingerprint density at radius 3 is 2.18 bits per heavy atom. The molecule has 0 aromatic heterocycles. The first kappa shape index (κ1) is 29.5. The standard InChI is InChI=1S/C29H38N4O6/c1-19(2)15-24(27(35)38-4)33-25(23(32-28(33)36)16-21-11-7-5-8-12-21)17-30-26(34)20(3)31-29(37)39-18-22-13-9-6-10-14-22/h5-14,19-20,23-25H,15-18H2,1-4H3,(H,30,34)(H,31,37)(H,32,36)/t20-,23-,24-,25-/m0/s1. The number of hydrogen-bond acceptors (Lipinski definition) is 6. The third-order valence-electron chi connectivity index (χ3n) is 6.59. The third kappa shape index (κ3) is 8.46. The fraction of sp³-hybridized carbons (Fsp3) is 0.448. The van der Waals surface area contributed by atoms with Crippen LogP contribution in [0.4, 0.5) is 9.59 Å². The number of nitrogens with zero attached hydrogens (tertiary/aromatic N) is 1. The summed E-state index contributed by atoms with van der Waals surface area (Å²) in [5.74, 6) is -0.828. The summed E-state index contributed by atoms with van der Waals surface area (Å²) in [4.78, 5) is 52.5. The van der Waals surface area contributed by atoms with E-state index < -0.39 is 36.1 Å². The zero-order valence-corrected chi connectivity index (χ0v) is 22.9. The number of hydrogen-bond donors (Lipinski definition) is 3. The second-order valence-corrected chi connectivity index (χ2v) is 10.1. The second-order valence-electron chi connectivity index (χ2n) is 10.1. The van der Waals surface area contributed by atoms with Crippen LogP contribution in [0.2, 0.25) is 0 Å². The van der Waals surface area contributed by atoms with Crippen LogP contribution >= 0.6 is 0 Å². The summed E-state index contributed by atoms with van der Waals surface area (Å²) in [7, 11) is 1.30. The Hall–Kier alpha value is -4.08. The summed E-state index contributed by atoms with van der Waals surface area (Å²) >= 11 is 0. The number of carbonyl (C=O) groups excluding carboxylic acids is 4. The first-order chi connectivity index (χ1) is 18.7. The van der Waals surface area contributed by atoms with Crippen molar-refractivity contribution in [2.45, 2.75) is 64.4 Å². The lowest BCUT2D eigenvalue weighted by molar-refractivity contribution is -0.147. The predicted octanol–water partition coefficient (Wildman–Crippen LogP) is 3.01. The average Bonchev–Trinajstić information content (AvgIpc) is 3.23. The van der Waals surface area contributed by atoms with Crippen molar-refractivity contribution in [1.29, 1.82) is 0 Å². The third-order valence-corrected chi connectivity index (χ3v) is 6.59. The average molecular weight is 539 g/mol. The Balaban J connectivity index is 1.68. The molecule has 1 fully saturated rings. The highest BCUT2D eigenvalue weighted by molar-refractivity contribution is 5.87. The van der Waals surface area contributed by atoms with Crippen LogP contribution in [0.15, 0.2) is 60.7 Å². The molecule has 0 unspecified atom stereocenters. The van der Waals surface area contributed by atoms with Gasteiger partial charge in [0.2, 0.25) is 5.91 Å². The minimum Gasteiger partial charge on any atom is -0.467 e. The number of benzene rings is 2. The van der Waals surface area contributed by atoms with Crippen molar-refractivity contribution < 1.29 is 28.7 Å². The van der Waals surface area contributed by atoms with Gasteiger partial charge in [0, 0.05) is 6.54 Å². The normalized spacial score (nSPS) is 18.2. The molecule has 1 aliphatic rings. The summed E-state index contributed by atoms with van der Waals surface area (Å²) in [6, 6.07) is 15.9. The van der Waals surface area contributed by atoms with E-state index in [9.17, 15) is 19.2 Å². The van der Waals surface area contributed by atoms with Crippen molar-refractivity contribution in [2.75, 3.05) is 13.7 Å². The molecule has 3 N–H and O–H groups in total. The lowest BCUT2D eigenvalue weighted by Crippen LogP contribution is -2.55. The van der Waals surface area contributed by atoms with Crippen molar-refractivity contribution in [3.63, 3.8) is 0 Å². The van der Waals surface area contributed by atoms with Gasteiger partial charge in [-0.25, -0.2) is 14.4 Å². The molecule has 4 amide bonds. The van der Waals surface area contributed by atoms with Crippen LogP contribution < -0.4 is 16.0 Å². The van der Waals surface area contributed by atoms with Gasteiger partial charge in [-0.15, -0.1) is 0 Å². The Kier molecular flexibility index (Phi) is 10.7. The molecule has 0 radical (unpaired) electrons. The summed E-state index contributed by atoms with van der Waals surface area (Å²) in [5.41, 5.74) is 1.84. The van der Waals surface area contributed by atoms with E-state index in [0.717, 1.165) is 11.1 Å². The fourth-order valence-electron chi connectivity index (χ4n) is 4.61. The molecule has 0 saturated carbocycles. The highest BCUT2D eigenvalue weighted by atomic mass is 16.5. The molecule has 1 aliphatic heterocycles. The number of carbonyl (C=O) groups is 4. The molecule has 210 valence electrons. The molecule has 3 rings (SSSR count). The molecule has 1 saturated heterocycles. The fourth-order valence-corrected chi connectivity index (χ4v) is 4.61. The number of esters is 1. The van der Waals surface area contributed by atoms with E-state index in [-0.39, 0.29) is 31.1 Å². The number of rotatable bonds is 12. The van der Waals surface area contributed by atoms with E-state index in [1.165, 1.54) is 12.0 Å². The quantitative estimate of drug-likeness (QED) is 0.357. The van der Waals surface area contributed by atoms with Gasteiger partial charge in [-0.3, -0.25) is 4.79 Å². The van der Waals surface area contributed by atoms with Gasteiger partial charge in [-0.2, -0.15) is 0 Å². The van der Waals surface area contributed by atoms with Crippen molar-refractivity contribution in [2.24, 2.45) is 5.92 Å². The molecule has 0 aliphatic carbocycles. The van der Waals surface area contributed by atoms with Gasteiger partial charge in [0.05, 0.1) is 19.2 Å². The molecular weight excluding hydrogens is 500 g/mol. The molecule has 2 aromatic rings. The molecule has 0 spiro atoms. The smallest absolute Gasteiger partial charge is 0.408 e. The molecule has 0 bridgehead atoms. The minimum absolute atomic E-state index is 0.0751. The van der Waals surface area contributed by atoms with Crippen molar-refractivity contribution in [3.05, 3.63) is 71.8 Å². The van der Waals surface area contributed by atoms with Gasteiger partial charge in [-0.05, 0) is 36.8 Å². The maximum atomic E-state index is 13.2. The zero-order valence-electron chi connectivity index (χ0n) is 22.9. The highest BCUT2D eigenvalue weighted by Gasteiger charge is 2.45. The van der Waals surface area contributed by atoms with Gasteiger partial charge in [0.25, 0.3) is 0 Å². The molecule has 4 atom stereocenters. The molecule has 10 nitrogen and oxygen atoms in total. The maximum absolute atomic E-state index is 13.2. The minimum atomic E-state index is -0.883. The highest BCUT2D eigenvalue weighted by Crippen LogP contribution is 2.24. The van der Waals surface area contributed by atoms with Gasteiger partial charge < -0.3 is 30.3 Å². The van der Waals surface area contributed by atoms with Crippen LogP contribution in [0.3, 0.4) is 0 Å². The zero-order chi connectivity index (χ0) is 28.4. The molecule has 2 aromatic carbocycles. The van der Waals surface area contributed by atoms with Crippen molar-refractivity contribution >= 4 is 24.0 Å². The predicted molar refractivity (Wildman–Crippen MR) is 146 cm³/mol. The topological polar surface area (TPSA) is 126 Å². The summed E-state index contributed by atoms with van der Waals surface area (Å²) in [5, 5.41) is 8.36. The second kappa shape index (κ2) is 14.2. The van der Waals surface area contributed by atoms with E-state index in [1.54, 1.807) is 6.92 Å². The van der Waals surface area contributed by atoms with Crippen LogP contribution in [0, 0.1) is 5.92 Å². The van der Waals surface area contributed by atoms with Crippen molar-refractivity contribution in [3.8, 4) is 0 Å². The van der Waals surface area contributed by atoms with Crippen LogP contribution in [0.5, 0.6) is 0 Å². The molecule has 10 heteroatoms. The maximum Gasteiger partial charge on any atom is 0.408 e. The van der Waals surface area contributed by atoms with Crippen LogP contribution in [0.25, 0.3) is 0 Å². The van der Waals surface area contributed by atoms with Crippen molar-refractivity contribution in [1.82, 2.24) is 20.9 Å². The Morgan fingerprint density at radius 2 is 1.59 bits per heavy atom. The number of alkyl carbamates (subject to hydrolysis) is 1. The monoisotopic (exact) mass is 538 g/mol. The first-order valence-corrected chi connectivity index (χ1v) is 13.1. The molecule has 1 heterocycles. The first-order valence-electron chi connectivity index (χ1n) is 13.1. The van der Waals surface area contributed by atoms with Crippen LogP contribution in [0.1, 0.15) is 38.3 Å². The Labute approximate surface area is 229 Å².